The summed E-state index contributed by atoms with van der Waals surface area (Å²) in [6.07, 6.45) is 0.124. The van der Waals surface area contributed by atoms with Gasteiger partial charge in [-0.05, 0) is 19.1 Å². The van der Waals surface area contributed by atoms with Crippen molar-refractivity contribution in [3.8, 4) is 0 Å². The van der Waals surface area contributed by atoms with Crippen LogP contribution in [0.5, 0.6) is 0 Å². The van der Waals surface area contributed by atoms with Crippen LogP contribution in [0.1, 0.15) is 23.2 Å². The quantitative estimate of drug-likeness (QED) is 0.740. The average Bonchev–Trinajstić information content (AvgIpc) is 2.66. The molecule has 15 heavy (non-hydrogen) atoms. The van der Waals surface area contributed by atoms with Crippen molar-refractivity contribution in [1.29, 1.82) is 0 Å². The molecular weight excluding hydrogens is 198 g/mol. The molecular formula is C10H15NO4. The molecule has 1 heterocycles. The first-order chi connectivity index (χ1) is 7.13. The van der Waals surface area contributed by atoms with Crippen LogP contribution in [0.3, 0.4) is 0 Å². The molecule has 0 fully saturated rings. The van der Waals surface area contributed by atoms with Crippen molar-refractivity contribution in [2.45, 2.75) is 19.6 Å². The van der Waals surface area contributed by atoms with Gasteiger partial charge in [-0.15, -0.1) is 0 Å². The second-order valence-electron chi connectivity index (χ2n) is 3.25. The lowest BCUT2D eigenvalue weighted by Crippen LogP contribution is -2.25. The van der Waals surface area contributed by atoms with Gasteiger partial charge in [-0.2, -0.15) is 0 Å². The molecule has 5 nitrogen and oxygen atoms in total. The Morgan fingerprint density at radius 1 is 1.67 bits per heavy atom. The van der Waals surface area contributed by atoms with E-state index >= 15 is 0 Å². The molecule has 1 aromatic rings. The molecule has 0 aliphatic rings. The van der Waals surface area contributed by atoms with Crippen LogP contribution in [-0.2, 0) is 11.3 Å². The minimum Gasteiger partial charge on any atom is -0.475 e. The Hall–Kier alpha value is -1.33. The molecule has 1 aromatic heterocycles. The van der Waals surface area contributed by atoms with Gasteiger partial charge in [0.15, 0.2) is 0 Å². The highest BCUT2D eigenvalue weighted by Crippen LogP contribution is 2.07. The van der Waals surface area contributed by atoms with Gasteiger partial charge in [-0.3, -0.25) is 0 Å². The number of carboxylic acids is 1. The molecule has 0 saturated carbocycles. The number of carboxylic acid groups (broad SMARTS) is 1. The molecule has 0 saturated heterocycles. The van der Waals surface area contributed by atoms with Crippen molar-refractivity contribution in [3.63, 3.8) is 0 Å². The van der Waals surface area contributed by atoms with E-state index in [1.165, 1.54) is 6.07 Å². The highest BCUT2D eigenvalue weighted by atomic mass is 16.5. The summed E-state index contributed by atoms with van der Waals surface area (Å²) in [4.78, 5) is 10.5. The van der Waals surface area contributed by atoms with Crippen LogP contribution in [0.15, 0.2) is 16.5 Å². The van der Waals surface area contributed by atoms with E-state index in [-0.39, 0.29) is 11.9 Å². The highest BCUT2D eigenvalue weighted by Gasteiger charge is 2.08. The van der Waals surface area contributed by atoms with Crippen molar-refractivity contribution in [2.24, 2.45) is 0 Å². The number of rotatable bonds is 6. The summed E-state index contributed by atoms with van der Waals surface area (Å²) in [5, 5.41) is 11.7. The molecule has 0 amide bonds. The first kappa shape index (κ1) is 11.7. The zero-order valence-corrected chi connectivity index (χ0v) is 8.82. The summed E-state index contributed by atoms with van der Waals surface area (Å²) in [6.45, 7) is 3.14. The van der Waals surface area contributed by atoms with Gasteiger partial charge in [0, 0.05) is 13.7 Å². The Bertz CT molecular complexity index is 321. The Kier molecular flexibility index (Phi) is 4.33. The zero-order valence-electron chi connectivity index (χ0n) is 8.82. The predicted molar refractivity (Wildman–Crippen MR) is 53.8 cm³/mol. The van der Waals surface area contributed by atoms with Gasteiger partial charge in [0.2, 0.25) is 5.76 Å². The summed E-state index contributed by atoms with van der Waals surface area (Å²) >= 11 is 0. The molecule has 0 radical (unpaired) electrons. The largest absolute Gasteiger partial charge is 0.475 e. The van der Waals surface area contributed by atoms with Crippen LogP contribution in [0.25, 0.3) is 0 Å². The Morgan fingerprint density at radius 2 is 2.40 bits per heavy atom. The number of nitrogens with one attached hydrogen (secondary N) is 1. The maximum Gasteiger partial charge on any atom is 0.371 e. The normalized spacial score (nSPS) is 12.7. The molecule has 84 valence electrons. The van der Waals surface area contributed by atoms with E-state index in [9.17, 15) is 4.79 Å². The fourth-order valence-electron chi connectivity index (χ4n) is 1.07. The van der Waals surface area contributed by atoms with Crippen LogP contribution < -0.4 is 5.32 Å². The van der Waals surface area contributed by atoms with Gasteiger partial charge >= 0.3 is 5.97 Å². The topological polar surface area (TPSA) is 71.7 Å². The maximum atomic E-state index is 10.5. The number of furan rings is 1. The zero-order chi connectivity index (χ0) is 11.3. The summed E-state index contributed by atoms with van der Waals surface area (Å²) in [6, 6.07) is 3.09. The van der Waals surface area contributed by atoms with Crippen molar-refractivity contribution < 1.29 is 19.1 Å². The minimum atomic E-state index is -1.05. The van der Waals surface area contributed by atoms with Crippen LogP contribution in [0.4, 0.5) is 0 Å². The second-order valence-corrected chi connectivity index (χ2v) is 3.25. The van der Waals surface area contributed by atoms with E-state index in [4.69, 9.17) is 14.3 Å². The lowest BCUT2D eigenvalue weighted by molar-refractivity contribution is 0.0659. The standard InChI is InChI=1S/C10H15NO4/c1-7(14-2)5-11-6-8-3-4-9(15-8)10(12)13/h3-4,7,11H,5-6H2,1-2H3,(H,12,13). The smallest absolute Gasteiger partial charge is 0.371 e. The van der Waals surface area contributed by atoms with E-state index in [0.29, 0.717) is 18.8 Å². The number of carbonyl (C=O) groups is 1. The molecule has 0 aromatic carbocycles. The second kappa shape index (κ2) is 5.53. The monoisotopic (exact) mass is 213 g/mol. The SMILES string of the molecule is COC(C)CNCc1ccc(C(=O)O)o1. The van der Waals surface area contributed by atoms with Gasteiger partial charge < -0.3 is 19.6 Å². The number of aromatic carboxylic acids is 1. The van der Waals surface area contributed by atoms with Gasteiger partial charge in [-0.1, -0.05) is 0 Å². The van der Waals surface area contributed by atoms with Crippen LogP contribution >= 0.6 is 0 Å². The van der Waals surface area contributed by atoms with Crippen LogP contribution in [0.2, 0.25) is 0 Å². The Balaban J connectivity index is 2.35. The molecule has 1 unspecified atom stereocenters. The number of hydrogen-bond acceptors (Lipinski definition) is 4. The predicted octanol–water partition coefficient (Wildman–Crippen LogP) is 1.10. The van der Waals surface area contributed by atoms with Gasteiger partial charge in [0.1, 0.15) is 5.76 Å². The van der Waals surface area contributed by atoms with E-state index in [2.05, 4.69) is 5.32 Å². The van der Waals surface area contributed by atoms with E-state index in [1.54, 1.807) is 13.2 Å². The van der Waals surface area contributed by atoms with Crippen molar-refractivity contribution in [3.05, 3.63) is 23.7 Å². The molecule has 0 bridgehead atoms. The molecule has 2 N–H and O–H groups in total. The molecule has 1 atom stereocenters. The fraction of sp³-hybridized carbons (Fsp3) is 0.500. The first-order valence-corrected chi connectivity index (χ1v) is 4.69. The van der Waals surface area contributed by atoms with E-state index < -0.39 is 5.97 Å². The maximum absolute atomic E-state index is 10.5. The van der Waals surface area contributed by atoms with Gasteiger partial charge in [0.25, 0.3) is 0 Å². The molecule has 5 heteroatoms. The van der Waals surface area contributed by atoms with Gasteiger partial charge in [-0.25, -0.2) is 4.79 Å². The fourth-order valence-corrected chi connectivity index (χ4v) is 1.07. The van der Waals surface area contributed by atoms with E-state index in [1.807, 2.05) is 6.92 Å². The summed E-state index contributed by atoms with van der Waals surface area (Å²) < 4.78 is 10.1. The van der Waals surface area contributed by atoms with Crippen molar-refractivity contribution >= 4 is 5.97 Å². The third-order valence-electron chi connectivity index (χ3n) is 2.01. The summed E-state index contributed by atoms with van der Waals surface area (Å²) in [7, 11) is 1.64. The van der Waals surface area contributed by atoms with Crippen molar-refractivity contribution in [1.82, 2.24) is 5.32 Å². The first-order valence-electron chi connectivity index (χ1n) is 4.69. The lowest BCUT2D eigenvalue weighted by atomic mass is 10.4. The number of hydrogen-bond donors (Lipinski definition) is 2. The number of methoxy groups -OCH3 is 1. The number of ether oxygens (including phenoxy) is 1. The molecule has 0 aliphatic carbocycles. The summed E-state index contributed by atoms with van der Waals surface area (Å²) in [5.41, 5.74) is 0. The van der Waals surface area contributed by atoms with E-state index in [0.717, 1.165) is 0 Å². The average molecular weight is 213 g/mol. The molecule has 0 aliphatic heterocycles. The Labute approximate surface area is 88.0 Å². The summed E-state index contributed by atoms with van der Waals surface area (Å²) in [5.74, 6) is -0.478. The van der Waals surface area contributed by atoms with Crippen molar-refractivity contribution in [2.75, 3.05) is 13.7 Å². The van der Waals surface area contributed by atoms with Crippen LogP contribution in [0, 0.1) is 0 Å². The minimum absolute atomic E-state index is 0.0356. The third kappa shape index (κ3) is 3.73. The highest BCUT2D eigenvalue weighted by molar-refractivity contribution is 5.84. The Morgan fingerprint density at radius 3 is 2.93 bits per heavy atom. The lowest BCUT2D eigenvalue weighted by Gasteiger charge is -2.09. The molecule has 0 spiro atoms. The van der Waals surface area contributed by atoms with Crippen LogP contribution in [-0.4, -0.2) is 30.8 Å². The molecule has 1 rings (SSSR count). The third-order valence-corrected chi connectivity index (χ3v) is 2.01. The van der Waals surface area contributed by atoms with Gasteiger partial charge in [0.05, 0.1) is 12.6 Å².